The fraction of sp³-hybridized carbons (Fsp3) is 0.318. The van der Waals surface area contributed by atoms with E-state index in [-0.39, 0.29) is 34.0 Å². The fourth-order valence-electron chi connectivity index (χ4n) is 3.62. The number of aliphatic imine (C=N–C) groups is 1. The van der Waals surface area contributed by atoms with Crippen molar-refractivity contribution in [3.63, 3.8) is 0 Å². The molecule has 1 aliphatic rings. The molecular weight excluding hydrogens is 501 g/mol. The Morgan fingerprint density at radius 3 is 2.47 bits per heavy atom. The third-order valence-electron chi connectivity index (χ3n) is 5.31. The molecular formula is C22H17F7N4O3. The largest absolute Gasteiger partial charge is 0.483 e. The molecule has 192 valence electrons. The Hall–Kier alpha value is -3.84. The standard InChI is InChI=1S/C22H17F7N4O3/c1-20(8-18(22(27,28)29)35-19(30)32-20)13-6-11(2-4-14(13)23)17-7-16(33-36-17)15-5-3-12(9-31-15)34-10-21(24,25)26/h2-7,9,18H,8,10H2,1H3,(H2,30,32)/t18-,20?/m0/s1. The highest BCUT2D eigenvalue weighted by Crippen LogP contribution is 2.42. The first-order chi connectivity index (χ1) is 16.7. The number of aromatic nitrogens is 2. The Kier molecular flexibility index (Phi) is 6.31. The molecule has 0 aliphatic carbocycles. The molecule has 1 aromatic carbocycles. The van der Waals surface area contributed by atoms with E-state index in [0.717, 1.165) is 12.3 Å². The van der Waals surface area contributed by atoms with Gasteiger partial charge in [-0.2, -0.15) is 26.3 Å². The van der Waals surface area contributed by atoms with Crippen LogP contribution >= 0.6 is 0 Å². The zero-order valence-corrected chi connectivity index (χ0v) is 18.3. The maximum atomic E-state index is 14.7. The molecule has 2 aromatic heterocycles. The van der Waals surface area contributed by atoms with Gasteiger partial charge in [0.15, 0.2) is 18.5 Å². The summed E-state index contributed by atoms with van der Waals surface area (Å²) < 4.78 is 106. The van der Waals surface area contributed by atoms with Gasteiger partial charge in [0.25, 0.3) is 6.02 Å². The van der Waals surface area contributed by atoms with Crippen LogP contribution in [0.4, 0.5) is 30.7 Å². The van der Waals surface area contributed by atoms with Crippen molar-refractivity contribution in [2.45, 2.75) is 37.3 Å². The summed E-state index contributed by atoms with van der Waals surface area (Å²) in [6.45, 7) is -0.166. The van der Waals surface area contributed by atoms with E-state index in [1.54, 1.807) is 0 Å². The van der Waals surface area contributed by atoms with Gasteiger partial charge in [-0.1, -0.05) is 5.16 Å². The average Bonchev–Trinajstić information content (AvgIpc) is 3.27. The topological polar surface area (TPSA) is 95.8 Å². The average molecular weight is 518 g/mol. The van der Waals surface area contributed by atoms with Gasteiger partial charge in [-0.05, 0) is 37.3 Å². The van der Waals surface area contributed by atoms with E-state index < -0.39 is 48.9 Å². The number of amidine groups is 1. The molecule has 14 heteroatoms. The third kappa shape index (κ3) is 5.52. The number of ether oxygens (including phenoxy) is 2. The number of rotatable bonds is 5. The lowest BCUT2D eigenvalue weighted by Crippen LogP contribution is -2.46. The lowest BCUT2D eigenvalue weighted by Gasteiger charge is -2.36. The molecule has 0 radical (unpaired) electrons. The minimum Gasteiger partial charge on any atom is -0.483 e. The molecule has 7 nitrogen and oxygen atoms in total. The number of nitrogens with two attached hydrogens (primary N) is 1. The van der Waals surface area contributed by atoms with E-state index >= 15 is 0 Å². The minimum atomic E-state index is -4.74. The monoisotopic (exact) mass is 518 g/mol. The first-order valence-electron chi connectivity index (χ1n) is 10.3. The van der Waals surface area contributed by atoms with Crippen LogP contribution in [0.25, 0.3) is 22.7 Å². The van der Waals surface area contributed by atoms with Crippen LogP contribution in [-0.2, 0) is 10.3 Å². The lowest BCUT2D eigenvalue weighted by molar-refractivity contribution is -0.208. The zero-order chi connectivity index (χ0) is 26.3. The van der Waals surface area contributed by atoms with E-state index in [9.17, 15) is 30.7 Å². The summed E-state index contributed by atoms with van der Waals surface area (Å²) in [5, 5.41) is 3.85. The van der Waals surface area contributed by atoms with Gasteiger partial charge in [0.1, 0.15) is 17.3 Å². The molecule has 0 fully saturated rings. The molecule has 0 amide bonds. The molecule has 0 saturated heterocycles. The van der Waals surface area contributed by atoms with Gasteiger partial charge < -0.3 is 19.7 Å². The third-order valence-corrected chi connectivity index (χ3v) is 5.31. The van der Waals surface area contributed by atoms with E-state index in [1.165, 1.54) is 37.3 Å². The van der Waals surface area contributed by atoms with E-state index in [0.29, 0.717) is 0 Å². The van der Waals surface area contributed by atoms with Crippen LogP contribution in [0.1, 0.15) is 18.9 Å². The van der Waals surface area contributed by atoms with Crippen LogP contribution in [-0.4, -0.2) is 41.2 Å². The van der Waals surface area contributed by atoms with Crippen LogP contribution in [0.3, 0.4) is 0 Å². The zero-order valence-electron chi connectivity index (χ0n) is 18.3. The van der Waals surface area contributed by atoms with Crippen molar-refractivity contribution in [1.29, 1.82) is 0 Å². The Morgan fingerprint density at radius 1 is 1.08 bits per heavy atom. The van der Waals surface area contributed by atoms with Crippen LogP contribution in [0.2, 0.25) is 0 Å². The quantitative estimate of drug-likeness (QED) is 0.457. The fourth-order valence-corrected chi connectivity index (χ4v) is 3.62. The maximum absolute atomic E-state index is 14.7. The van der Waals surface area contributed by atoms with Crippen molar-refractivity contribution >= 4 is 6.02 Å². The van der Waals surface area contributed by atoms with Crippen LogP contribution in [0, 0.1) is 5.82 Å². The molecule has 4 rings (SSSR count). The number of hydrogen-bond acceptors (Lipinski definition) is 7. The Bertz CT molecular complexity index is 1270. The molecule has 3 heterocycles. The number of halogens is 7. The molecule has 0 spiro atoms. The smallest absolute Gasteiger partial charge is 0.425 e. The highest BCUT2D eigenvalue weighted by molar-refractivity contribution is 5.73. The summed E-state index contributed by atoms with van der Waals surface area (Å²) in [5.41, 5.74) is 4.34. The second-order valence-corrected chi connectivity index (χ2v) is 8.13. The molecule has 3 aromatic rings. The summed E-state index contributed by atoms with van der Waals surface area (Å²) >= 11 is 0. The summed E-state index contributed by atoms with van der Waals surface area (Å²) in [6.07, 6.45) is -11.1. The van der Waals surface area contributed by atoms with Crippen LogP contribution < -0.4 is 10.5 Å². The van der Waals surface area contributed by atoms with Crippen molar-refractivity contribution in [3.05, 3.63) is 54.0 Å². The molecule has 36 heavy (non-hydrogen) atoms. The van der Waals surface area contributed by atoms with Crippen molar-refractivity contribution in [3.8, 4) is 28.5 Å². The van der Waals surface area contributed by atoms with E-state index in [4.69, 9.17) is 10.3 Å². The molecule has 2 atom stereocenters. The number of pyridine rings is 1. The SMILES string of the molecule is CC1(c2cc(-c3cc(-c4ccc(OCC(F)(F)F)cn4)no3)ccc2F)C[C@@H](C(F)(F)F)OC(N)=N1. The highest BCUT2D eigenvalue weighted by atomic mass is 19.4. The van der Waals surface area contributed by atoms with Crippen molar-refractivity contribution in [2.24, 2.45) is 10.7 Å². The van der Waals surface area contributed by atoms with Crippen molar-refractivity contribution < 1.29 is 44.7 Å². The number of nitrogens with zero attached hydrogens (tertiary/aromatic N) is 3. The molecule has 1 unspecified atom stereocenters. The van der Waals surface area contributed by atoms with Gasteiger partial charge in [0.05, 0.1) is 17.4 Å². The molecule has 2 N–H and O–H groups in total. The maximum Gasteiger partial charge on any atom is 0.425 e. The van der Waals surface area contributed by atoms with Gasteiger partial charge in [-0.3, -0.25) is 4.98 Å². The molecule has 0 saturated carbocycles. The first-order valence-corrected chi connectivity index (χ1v) is 10.3. The molecule has 0 bridgehead atoms. The lowest BCUT2D eigenvalue weighted by atomic mass is 9.84. The summed E-state index contributed by atoms with van der Waals surface area (Å²) in [5.74, 6) is -0.786. The summed E-state index contributed by atoms with van der Waals surface area (Å²) in [4.78, 5) is 7.91. The Balaban J connectivity index is 1.59. The van der Waals surface area contributed by atoms with Gasteiger partial charge in [-0.15, -0.1) is 0 Å². The normalized spacial score (nSPS) is 20.6. The molecule has 1 aliphatic heterocycles. The second-order valence-electron chi connectivity index (χ2n) is 8.13. The highest BCUT2D eigenvalue weighted by Gasteiger charge is 2.50. The van der Waals surface area contributed by atoms with Gasteiger partial charge in [-0.25, -0.2) is 9.38 Å². The predicted octanol–water partition coefficient (Wildman–Crippen LogP) is 5.36. The Labute approximate surface area is 198 Å². The minimum absolute atomic E-state index is 0.107. The van der Waals surface area contributed by atoms with Gasteiger partial charge >= 0.3 is 12.4 Å². The van der Waals surface area contributed by atoms with Crippen molar-refractivity contribution in [2.75, 3.05) is 6.61 Å². The predicted molar refractivity (Wildman–Crippen MR) is 111 cm³/mol. The summed E-state index contributed by atoms with van der Waals surface area (Å²) in [7, 11) is 0. The number of benzene rings is 1. The summed E-state index contributed by atoms with van der Waals surface area (Å²) in [6, 6.07) is 7.00. The van der Waals surface area contributed by atoms with Crippen LogP contribution in [0.5, 0.6) is 5.75 Å². The van der Waals surface area contributed by atoms with E-state index in [2.05, 4.69) is 24.6 Å². The second kappa shape index (κ2) is 8.99. The number of hydrogen-bond donors (Lipinski definition) is 1. The van der Waals surface area contributed by atoms with Gasteiger partial charge in [0.2, 0.25) is 0 Å². The first kappa shape index (κ1) is 25.3. The number of alkyl halides is 6. The van der Waals surface area contributed by atoms with E-state index in [1.807, 2.05) is 0 Å². The van der Waals surface area contributed by atoms with Crippen LogP contribution in [0.15, 0.2) is 52.1 Å². The van der Waals surface area contributed by atoms with Crippen molar-refractivity contribution in [1.82, 2.24) is 10.1 Å². The Morgan fingerprint density at radius 2 is 1.83 bits per heavy atom. The van der Waals surface area contributed by atoms with Gasteiger partial charge in [0, 0.05) is 23.6 Å².